The molecule has 2 aromatic carbocycles. The number of rotatable bonds is 10. The summed E-state index contributed by atoms with van der Waals surface area (Å²) in [7, 11) is 1.42. The summed E-state index contributed by atoms with van der Waals surface area (Å²) in [6.45, 7) is 2.97. The first-order valence-corrected chi connectivity index (χ1v) is 9.44. The smallest absolute Gasteiger partial charge is 0.339 e. The number of unbranched alkanes of at least 4 members (excludes halogenated alkanes) is 1. The molecule has 0 aliphatic heterocycles. The summed E-state index contributed by atoms with van der Waals surface area (Å²) in [6.07, 6.45) is 2.42. The molecule has 6 nitrogen and oxygen atoms in total. The Hall–Kier alpha value is -2.73. The molecule has 0 saturated carbocycles. The SMILES string of the molecule is CCCCOc1ccc(Cl)cc1C(=O)NCCc1ccc(C(=O)O)c(OC)c1. The Kier molecular flexibility index (Phi) is 8.14. The monoisotopic (exact) mass is 405 g/mol. The van der Waals surface area contributed by atoms with Gasteiger partial charge in [-0.2, -0.15) is 0 Å². The molecule has 2 rings (SSSR count). The summed E-state index contributed by atoms with van der Waals surface area (Å²) in [5, 5.41) is 12.4. The van der Waals surface area contributed by atoms with Gasteiger partial charge in [-0.1, -0.05) is 31.0 Å². The molecule has 0 unspecified atom stereocenters. The highest BCUT2D eigenvalue weighted by molar-refractivity contribution is 6.31. The van der Waals surface area contributed by atoms with Gasteiger partial charge in [-0.05, 0) is 48.7 Å². The molecule has 0 bridgehead atoms. The first kappa shape index (κ1) is 21.6. The summed E-state index contributed by atoms with van der Waals surface area (Å²) >= 11 is 6.03. The van der Waals surface area contributed by atoms with Crippen LogP contribution in [-0.2, 0) is 6.42 Å². The van der Waals surface area contributed by atoms with Crippen molar-refractivity contribution in [2.75, 3.05) is 20.3 Å². The first-order valence-electron chi connectivity index (χ1n) is 9.07. The summed E-state index contributed by atoms with van der Waals surface area (Å²) in [6, 6.07) is 9.83. The van der Waals surface area contributed by atoms with Crippen LogP contribution < -0.4 is 14.8 Å². The molecule has 1 amide bonds. The van der Waals surface area contributed by atoms with Gasteiger partial charge in [0.15, 0.2) is 0 Å². The Bertz CT molecular complexity index is 838. The Labute approximate surface area is 169 Å². The number of carboxylic acid groups (broad SMARTS) is 1. The van der Waals surface area contributed by atoms with Crippen molar-refractivity contribution in [2.24, 2.45) is 0 Å². The number of nitrogens with one attached hydrogen (secondary N) is 1. The van der Waals surface area contributed by atoms with Crippen molar-refractivity contribution in [1.29, 1.82) is 0 Å². The van der Waals surface area contributed by atoms with Crippen molar-refractivity contribution in [3.05, 3.63) is 58.1 Å². The van der Waals surface area contributed by atoms with Crippen LogP contribution in [0.5, 0.6) is 11.5 Å². The van der Waals surface area contributed by atoms with Gasteiger partial charge in [-0.15, -0.1) is 0 Å². The summed E-state index contributed by atoms with van der Waals surface area (Å²) in [4.78, 5) is 23.7. The molecule has 0 radical (unpaired) electrons. The number of methoxy groups -OCH3 is 1. The number of carbonyl (C=O) groups is 2. The van der Waals surface area contributed by atoms with Crippen LogP contribution in [0.1, 0.15) is 46.0 Å². The Morgan fingerprint density at radius 2 is 1.89 bits per heavy atom. The van der Waals surface area contributed by atoms with Gasteiger partial charge in [0.1, 0.15) is 17.1 Å². The normalized spacial score (nSPS) is 10.4. The highest BCUT2D eigenvalue weighted by Gasteiger charge is 2.14. The van der Waals surface area contributed by atoms with Crippen molar-refractivity contribution in [3.8, 4) is 11.5 Å². The number of benzene rings is 2. The number of hydrogen-bond donors (Lipinski definition) is 2. The van der Waals surface area contributed by atoms with Crippen LogP contribution in [0.25, 0.3) is 0 Å². The Balaban J connectivity index is 2.01. The van der Waals surface area contributed by atoms with Gasteiger partial charge in [0, 0.05) is 11.6 Å². The quantitative estimate of drug-likeness (QED) is 0.579. The number of amides is 1. The second kappa shape index (κ2) is 10.6. The molecule has 0 spiro atoms. The van der Waals surface area contributed by atoms with Crippen molar-refractivity contribution < 1.29 is 24.2 Å². The van der Waals surface area contributed by atoms with E-state index < -0.39 is 5.97 Å². The molecular weight excluding hydrogens is 382 g/mol. The average molecular weight is 406 g/mol. The highest BCUT2D eigenvalue weighted by Crippen LogP contribution is 2.24. The molecule has 0 aromatic heterocycles. The van der Waals surface area contributed by atoms with Crippen molar-refractivity contribution in [3.63, 3.8) is 0 Å². The fourth-order valence-corrected chi connectivity index (χ4v) is 2.79. The largest absolute Gasteiger partial charge is 0.496 e. The van der Waals surface area contributed by atoms with E-state index in [2.05, 4.69) is 12.2 Å². The summed E-state index contributed by atoms with van der Waals surface area (Å²) in [5.74, 6) is -0.531. The molecule has 0 saturated heterocycles. The zero-order valence-electron chi connectivity index (χ0n) is 16.0. The zero-order valence-corrected chi connectivity index (χ0v) is 16.7. The molecular formula is C21H24ClNO5. The van der Waals surface area contributed by atoms with E-state index in [9.17, 15) is 9.59 Å². The van der Waals surface area contributed by atoms with E-state index >= 15 is 0 Å². The maximum Gasteiger partial charge on any atom is 0.339 e. The van der Waals surface area contributed by atoms with E-state index in [0.29, 0.717) is 35.9 Å². The number of aromatic carboxylic acids is 1. The lowest BCUT2D eigenvalue weighted by Gasteiger charge is -2.12. The van der Waals surface area contributed by atoms with Gasteiger partial charge in [0.05, 0.1) is 19.3 Å². The minimum Gasteiger partial charge on any atom is -0.496 e. The lowest BCUT2D eigenvalue weighted by atomic mass is 10.1. The van der Waals surface area contributed by atoms with Gasteiger partial charge in [-0.25, -0.2) is 4.79 Å². The van der Waals surface area contributed by atoms with Crippen molar-refractivity contribution in [1.82, 2.24) is 5.32 Å². The molecule has 0 aliphatic carbocycles. The van der Waals surface area contributed by atoms with E-state index in [0.717, 1.165) is 18.4 Å². The van der Waals surface area contributed by atoms with E-state index in [1.165, 1.54) is 13.2 Å². The highest BCUT2D eigenvalue weighted by atomic mass is 35.5. The minimum absolute atomic E-state index is 0.100. The standard InChI is InChI=1S/C21H24ClNO5/c1-3-4-11-28-18-8-6-15(22)13-17(18)20(24)23-10-9-14-5-7-16(21(25)26)19(12-14)27-2/h5-8,12-13H,3-4,9-11H2,1-2H3,(H,23,24)(H,25,26). The van der Waals surface area contributed by atoms with Gasteiger partial charge in [0.25, 0.3) is 5.91 Å². The van der Waals surface area contributed by atoms with Crippen LogP contribution in [0.3, 0.4) is 0 Å². The van der Waals surface area contributed by atoms with Gasteiger partial charge in [0.2, 0.25) is 0 Å². The molecule has 28 heavy (non-hydrogen) atoms. The first-order chi connectivity index (χ1) is 13.5. The molecule has 0 fully saturated rings. The Morgan fingerprint density at radius 1 is 1.11 bits per heavy atom. The molecule has 150 valence electrons. The van der Waals surface area contributed by atoms with Gasteiger partial charge < -0.3 is 19.9 Å². The van der Waals surface area contributed by atoms with Crippen LogP contribution in [-0.4, -0.2) is 37.2 Å². The number of hydrogen-bond acceptors (Lipinski definition) is 4. The third-order valence-corrected chi connectivity index (χ3v) is 4.37. The van der Waals surface area contributed by atoms with Crippen LogP contribution in [0, 0.1) is 0 Å². The van der Waals surface area contributed by atoms with Gasteiger partial charge >= 0.3 is 5.97 Å². The van der Waals surface area contributed by atoms with E-state index in [1.807, 2.05) is 0 Å². The second-order valence-electron chi connectivity index (χ2n) is 6.19. The fourth-order valence-electron chi connectivity index (χ4n) is 2.62. The molecule has 0 heterocycles. The number of carboxylic acids is 1. The third kappa shape index (κ3) is 5.89. The topological polar surface area (TPSA) is 84.9 Å². The third-order valence-electron chi connectivity index (χ3n) is 4.14. The Morgan fingerprint density at radius 3 is 2.57 bits per heavy atom. The van der Waals surface area contributed by atoms with Gasteiger partial charge in [-0.3, -0.25) is 4.79 Å². The maximum absolute atomic E-state index is 12.6. The van der Waals surface area contributed by atoms with E-state index in [1.54, 1.807) is 30.3 Å². The van der Waals surface area contributed by atoms with Crippen molar-refractivity contribution in [2.45, 2.75) is 26.2 Å². The molecule has 2 aromatic rings. The zero-order chi connectivity index (χ0) is 20.5. The average Bonchev–Trinajstić information content (AvgIpc) is 2.68. The summed E-state index contributed by atoms with van der Waals surface area (Å²) in [5.41, 5.74) is 1.35. The predicted molar refractivity (Wildman–Crippen MR) is 108 cm³/mol. The number of halogens is 1. The molecule has 0 atom stereocenters. The van der Waals surface area contributed by atoms with Crippen molar-refractivity contribution >= 4 is 23.5 Å². The molecule has 2 N–H and O–H groups in total. The van der Waals surface area contributed by atoms with E-state index in [-0.39, 0.29) is 17.2 Å². The van der Waals surface area contributed by atoms with Crippen LogP contribution >= 0.6 is 11.6 Å². The molecule has 7 heteroatoms. The van der Waals surface area contributed by atoms with E-state index in [4.69, 9.17) is 26.2 Å². The number of carbonyl (C=O) groups excluding carboxylic acids is 1. The number of ether oxygens (including phenoxy) is 2. The van der Waals surface area contributed by atoms with Crippen LogP contribution in [0.15, 0.2) is 36.4 Å². The maximum atomic E-state index is 12.6. The summed E-state index contributed by atoms with van der Waals surface area (Å²) < 4.78 is 10.8. The lowest BCUT2D eigenvalue weighted by Crippen LogP contribution is -2.26. The van der Waals surface area contributed by atoms with Crippen LogP contribution in [0.4, 0.5) is 0 Å². The molecule has 0 aliphatic rings. The predicted octanol–water partition coefficient (Wildman–Crippen LogP) is 4.20. The lowest BCUT2D eigenvalue weighted by molar-refractivity contribution is 0.0693. The minimum atomic E-state index is -1.05. The van der Waals surface area contributed by atoms with Crippen LogP contribution in [0.2, 0.25) is 5.02 Å². The fraction of sp³-hybridized carbons (Fsp3) is 0.333. The second-order valence-corrected chi connectivity index (χ2v) is 6.62.